The predicted octanol–water partition coefficient (Wildman–Crippen LogP) is 2.91. The molecule has 1 aromatic heterocycles. The molecule has 1 heterocycles. The van der Waals surface area contributed by atoms with Crippen molar-refractivity contribution in [3.63, 3.8) is 0 Å². The lowest BCUT2D eigenvalue weighted by Gasteiger charge is -2.14. The van der Waals surface area contributed by atoms with Crippen molar-refractivity contribution in [1.29, 1.82) is 0 Å². The van der Waals surface area contributed by atoms with Gasteiger partial charge in [0.2, 0.25) is 0 Å². The van der Waals surface area contributed by atoms with Crippen LogP contribution in [0, 0.1) is 3.57 Å². The molecule has 68 valence electrons. The number of halogens is 4. The van der Waals surface area contributed by atoms with Crippen LogP contribution in [0.1, 0.15) is 10.9 Å². The van der Waals surface area contributed by atoms with Crippen LogP contribution in [0.2, 0.25) is 0 Å². The fourth-order valence-corrected chi connectivity index (χ4v) is 2.63. The molecule has 0 saturated carbocycles. The maximum atomic E-state index is 12.1. The van der Waals surface area contributed by atoms with Gasteiger partial charge in [0.1, 0.15) is 6.04 Å². The molecule has 0 saturated heterocycles. The van der Waals surface area contributed by atoms with E-state index in [2.05, 4.69) is 0 Å². The van der Waals surface area contributed by atoms with E-state index < -0.39 is 12.2 Å². The Kier molecular flexibility index (Phi) is 3.00. The van der Waals surface area contributed by atoms with Gasteiger partial charge in [0, 0.05) is 8.45 Å². The number of thiophene rings is 1. The summed E-state index contributed by atoms with van der Waals surface area (Å²) < 4.78 is 36.8. The molecular weight excluding hydrogens is 302 g/mol. The maximum absolute atomic E-state index is 12.1. The van der Waals surface area contributed by atoms with Crippen molar-refractivity contribution < 1.29 is 13.2 Å². The van der Waals surface area contributed by atoms with Crippen molar-refractivity contribution in [2.24, 2.45) is 5.73 Å². The van der Waals surface area contributed by atoms with Gasteiger partial charge in [0.15, 0.2) is 0 Å². The Morgan fingerprint density at radius 2 is 2.08 bits per heavy atom. The molecule has 0 radical (unpaired) electrons. The molecule has 0 aromatic carbocycles. The van der Waals surface area contributed by atoms with Crippen molar-refractivity contribution >= 4 is 33.9 Å². The van der Waals surface area contributed by atoms with Crippen LogP contribution >= 0.6 is 33.9 Å². The molecule has 1 atom stereocenters. The quantitative estimate of drug-likeness (QED) is 0.793. The minimum absolute atomic E-state index is 0.183. The summed E-state index contributed by atoms with van der Waals surface area (Å²) >= 11 is 2.87. The first-order valence-corrected chi connectivity index (χ1v) is 4.94. The summed E-state index contributed by atoms with van der Waals surface area (Å²) in [6.45, 7) is 0. The molecule has 1 rings (SSSR count). The molecule has 6 heteroatoms. The van der Waals surface area contributed by atoms with Crippen LogP contribution in [-0.4, -0.2) is 6.18 Å². The normalized spacial score (nSPS) is 14.8. The molecule has 0 aliphatic heterocycles. The zero-order chi connectivity index (χ0) is 9.35. The third-order valence-electron chi connectivity index (χ3n) is 1.28. The van der Waals surface area contributed by atoms with E-state index in [4.69, 9.17) is 5.73 Å². The van der Waals surface area contributed by atoms with Crippen molar-refractivity contribution in [2.75, 3.05) is 0 Å². The van der Waals surface area contributed by atoms with Crippen LogP contribution in [0.4, 0.5) is 13.2 Å². The van der Waals surface area contributed by atoms with E-state index in [9.17, 15) is 13.2 Å². The van der Waals surface area contributed by atoms with Crippen LogP contribution in [0.15, 0.2) is 11.4 Å². The van der Waals surface area contributed by atoms with Gasteiger partial charge >= 0.3 is 6.18 Å². The van der Waals surface area contributed by atoms with Gasteiger partial charge in [0.25, 0.3) is 0 Å². The molecular formula is C6H5F3INS. The molecule has 0 aliphatic rings. The van der Waals surface area contributed by atoms with Crippen molar-refractivity contribution in [1.82, 2.24) is 0 Å². The average molecular weight is 307 g/mol. The van der Waals surface area contributed by atoms with Gasteiger partial charge in [-0.15, -0.1) is 11.3 Å². The molecule has 1 nitrogen and oxygen atoms in total. The second-order valence-electron chi connectivity index (χ2n) is 2.15. The summed E-state index contributed by atoms with van der Waals surface area (Å²) in [6, 6.07) is -0.226. The Hall–Kier alpha value is 0.180. The minimum Gasteiger partial charge on any atom is -0.316 e. The summed E-state index contributed by atoms with van der Waals surface area (Å²) in [5.74, 6) is 0. The van der Waals surface area contributed by atoms with Gasteiger partial charge in [-0.3, -0.25) is 0 Å². The summed E-state index contributed by atoms with van der Waals surface area (Å²) in [6.07, 6.45) is -4.34. The van der Waals surface area contributed by atoms with E-state index in [0.717, 1.165) is 11.3 Å². The SMILES string of the molecule is N[C@@H](c1sccc1I)C(F)(F)F. The first-order chi connectivity index (χ1) is 5.43. The van der Waals surface area contributed by atoms with E-state index in [1.807, 2.05) is 22.6 Å². The van der Waals surface area contributed by atoms with Gasteiger partial charge in [-0.2, -0.15) is 13.2 Å². The highest BCUT2D eigenvalue weighted by molar-refractivity contribution is 14.1. The van der Waals surface area contributed by atoms with Crippen molar-refractivity contribution in [3.8, 4) is 0 Å². The van der Waals surface area contributed by atoms with Crippen molar-refractivity contribution in [3.05, 3.63) is 19.9 Å². The lowest BCUT2D eigenvalue weighted by molar-refractivity contribution is -0.148. The Morgan fingerprint density at radius 1 is 1.50 bits per heavy atom. The molecule has 0 unspecified atom stereocenters. The van der Waals surface area contributed by atoms with E-state index in [1.165, 1.54) is 0 Å². The summed E-state index contributed by atoms with van der Waals surface area (Å²) in [4.78, 5) is 0.183. The van der Waals surface area contributed by atoms with Crippen LogP contribution in [-0.2, 0) is 0 Å². The van der Waals surface area contributed by atoms with E-state index in [1.54, 1.807) is 11.4 Å². The lowest BCUT2D eigenvalue weighted by atomic mass is 10.2. The molecule has 1 aromatic rings. The Labute approximate surface area is 84.9 Å². The van der Waals surface area contributed by atoms with Crippen LogP contribution in [0.5, 0.6) is 0 Å². The molecule has 0 aliphatic carbocycles. The highest BCUT2D eigenvalue weighted by Gasteiger charge is 2.39. The molecule has 2 N–H and O–H groups in total. The smallest absolute Gasteiger partial charge is 0.316 e. The molecule has 0 spiro atoms. The number of alkyl halides is 3. The standard InChI is InChI=1S/C6H5F3INS/c7-6(8,9)5(11)4-3(10)1-2-12-4/h1-2,5H,11H2/t5-/m0/s1. The monoisotopic (exact) mass is 307 g/mol. The zero-order valence-electron chi connectivity index (χ0n) is 5.73. The highest BCUT2D eigenvalue weighted by Crippen LogP contribution is 2.35. The van der Waals surface area contributed by atoms with E-state index in [-0.39, 0.29) is 4.88 Å². The number of hydrogen-bond acceptors (Lipinski definition) is 2. The molecule has 0 amide bonds. The summed E-state index contributed by atoms with van der Waals surface area (Å²) in [5.41, 5.74) is 5.00. The van der Waals surface area contributed by atoms with Crippen molar-refractivity contribution in [2.45, 2.75) is 12.2 Å². The zero-order valence-corrected chi connectivity index (χ0v) is 8.70. The summed E-state index contributed by atoms with van der Waals surface area (Å²) in [5, 5.41) is 1.60. The first kappa shape index (κ1) is 10.3. The van der Waals surface area contributed by atoms with Gasteiger partial charge < -0.3 is 5.73 Å². The number of hydrogen-bond donors (Lipinski definition) is 1. The van der Waals surface area contributed by atoms with Crippen LogP contribution in [0.3, 0.4) is 0 Å². The third kappa shape index (κ3) is 2.11. The topological polar surface area (TPSA) is 26.0 Å². The summed E-state index contributed by atoms with van der Waals surface area (Å²) in [7, 11) is 0. The largest absolute Gasteiger partial charge is 0.408 e. The Balaban J connectivity index is 2.92. The van der Waals surface area contributed by atoms with Gasteiger partial charge in [0.05, 0.1) is 0 Å². The van der Waals surface area contributed by atoms with Gasteiger partial charge in [-0.25, -0.2) is 0 Å². The number of nitrogens with two attached hydrogens (primary N) is 1. The Bertz CT molecular complexity index is 270. The second-order valence-corrected chi connectivity index (χ2v) is 4.26. The Morgan fingerprint density at radius 3 is 2.42 bits per heavy atom. The molecule has 0 fully saturated rings. The second kappa shape index (κ2) is 3.51. The fourth-order valence-electron chi connectivity index (χ4n) is 0.676. The third-order valence-corrected chi connectivity index (χ3v) is 3.59. The first-order valence-electron chi connectivity index (χ1n) is 2.98. The highest BCUT2D eigenvalue weighted by atomic mass is 127. The van der Waals surface area contributed by atoms with Gasteiger partial charge in [-0.05, 0) is 34.0 Å². The van der Waals surface area contributed by atoms with Gasteiger partial charge in [-0.1, -0.05) is 0 Å². The number of rotatable bonds is 1. The maximum Gasteiger partial charge on any atom is 0.408 e. The fraction of sp³-hybridized carbons (Fsp3) is 0.333. The lowest BCUT2D eigenvalue weighted by Crippen LogP contribution is -2.28. The van der Waals surface area contributed by atoms with E-state index >= 15 is 0 Å². The minimum atomic E-state index is -4.34. The average Bonchev–Trinajstić information content (AvgIpc) is 2.31. The molecule has 0 bridgehead atoms. The van der Waals surface area contributed by atoms with E-state index in [0.29, 0.717) is 3.57 Å². The molecule has 12 heavy (non-hydrogen) atoms. The predicted molar refractivity (Wildman–Crippen MR) is 50.0 cm³/mol. The van der Waals surface area contributed by atoms with Crippen LogP contribution in [0.25, 0.3) is 0 Å². The van der Waals surface area contributed by atoms with Crippen LogP contribution < -0.4 is 5.73 Å².